The zero-order chi connectivity index (χ0) is 21.6. The lowest BCUT2D eigenvalue weighted by atomic mass is 10.1. The summed E-state index contributed by atoms with van der Waals surface area (Å²) in [6.07, 6.45) is 1.92. The molecule has 0 bridgehead atoms. The number of likely N-dealkylation sites (N-methyl/N-ethyl adjacent to an activating group) is 1. The molecule has 2 rings (SSSR count). The van der Waals surface area contributed by atoms with E-state index in [0.717, 1.165) is 20.5 Å². The van der Waals surface area contributed by atoms with E-state index in [1.54, 1.807) is 24.3 Å². The zero-order valence-electron chi connectivity index (χ0n) is 17.4. The van der Waals surface area contributed by atoms with Crippen LogP contribution >= 0.6 is 11.8 Å². The molecule has 29 heavy (non-hydrogen) atoms. The van der Waals surface area contributed by atoms with Crippen LogP contribution in [-0.2, 0) is 14.8 Å². The minimum absolute atomic E-state index is 0.164. The number of carbonyl (C=O) groups excluding carboxylic acids is 1. The van der Waals surface area contributed by atoms with Gasteiger partial charge in [0.05, 0.1) is 17.5 Å². The molecule has 8 heteroatoms. The molecule has 0 heterocycles. The summed E-state index contributed by atoms with van der Waals surface area (Å²) in [7, 11) is -2.33. The van der Waals surface area contributed by atoms with Gasteiger partial charge in [0.15, 0.2) is 0 Å². The third-order valence-electron chi connectivity index (χ3n) is 4.52. The maximum absolute atomic E-state index is 12.6. The number of amides is 1. The molecule has 0 saturated carbocycles. The summed E-state index contributed by atoms with van der Waals surface area (Å²) in [6, 6.07) is 12.2. The lowest BCUT2D eigenvalue weighted by Crippen LogP contribution is -2.43. The van der Waals surface area contributed by atoms with Crippen molar-refractivity contribution in [2.75, 3.05) is 26.5 Å². The number of hydrogen-bond donors (Lipinski definition) is 1. The van der Waals surface area contributed by atoms with E-state index in [1.165, 1.54) is 24.4 Å². The highest BCUT2D eigenvalue weighted by atomic mass is 32.2. The molecule has 0 fully saturated rings. The van der Waals surface area contributed by atoms with Crippen LogP contribution in [0.4, 0.5) is 0 Å². The molecule has 158 valence electrons. The van der Waals surface area contributed by atoms with Crippen molar-refractivity contribution in [2.24, 2.45) is 0 Å². The highest BCUT2D eigenvalue weighted by Crippen LogP contribution is 2.20. The minimum atomic E-state index is -3.73. The Morgan fingerprint density at radius 1 is 1.14 bits per heavy atom. The Labute approximate surface area is 177 Å². The second-order valence-corrected chi connectivity index (χ2v) is 9.89. The molecule has 1 atom stereocenters. The van der Waals surface area contributed by atoms with Gasteiger partial charge in [-0.3, -0.25) is 4.79 Å². The highest BCUT2D eigenvalue weighted by Gasteiger charge is 2.23. The Kier molecular flexibility index (Phi) is 8.13. The van der Waals surface area contributed by atoms with Gasteiger partial charge in [0, 0.05) is 11.9 Å². The topological polar surface area (TPSA) is 75.7 Å². The number of benzene rings is 2. The predicted molar refractivity (Wildman–Crippen MR) is 117 cm³/mol. The first-order valence-corrected chi connectivity index (χ1v) is 11.9. The van der Waals surface area contributed by atoms with E-state index in [0.29, 0.717) is 6.61 Å². The molecule has 0 aromatic heterocycles. The van der Waals surface area contributed by atoms with Crippen molar-refractivity contribution < 1.29 is 17.9 Å². The Bertz CT molecular complexity index is 944. The van der Waals surface area contributed by atoms with Crippen molar-refractivity contribution in [3.05, 3.63) is 53.6 Å². The van der Waals surface area contributed by atoms with Crippen molar-refractivity contribution in [3.8, 4) is 5.75 Å². The fourth-order valence-electron chi connectivity index (χ4n) is 2.60. The number of nitrogens with one attached hydrogen (secondary N) is 1. The summed E-state index contributed by atoms with van der Waals surface area (Å²) < 4.78 is 32.0. The number of carbonyl (C=O) groups is 1. The van der Waals surface area contributed by atoms with Gasteiger partial charge in [0.25, 0.3) is 0 Å². The van der Waals surface area contributed by atoms with E-state index in [2.05, 4.69) is 5.32 Å². The van der Waals surface area contributed by atoms with Gasteiger partial charge in [-0.2, -0.15) is 4.31 Å². The summed E-state index contributed by atoms with van der Waals surface area (Å²) in [5, 5.41) is 2.78. The van der Waals surface area contributed by atoms with Gasteiger partial charge in [-0.15, -0.1) is 11.8 Å². The van der Waals surface area contributed by atoms with E-state index in [9.17, 15) is 13.2 Å². The van der Waals surface area contributed by atoms with E-state index in [-0.39, 0.29) is 23.4 Å². The normalized spacial score (nSPS) is 12.6. The van der Waals surface area contributed by atoms with Gasteiger partial charge in [0.1, 0.15) is 12.4 Å². The SMILES string of the molecule is CSc1ccc(S(=O)(=O)N(C)CC(=O)N[C@H](C)COc2ccc(C)c(C)c2)cc1. The molecular formula is C21H28N2O4S2. The number of ether oxygens (including phenoxy) is 1. The van der Waals surface area contributed by atoms with Crippen LogP contribution in [0.5, 0.6) is 5.75 Å². The van der Waals surface area contributed by atoms with Gasteiger partial charge in [-0.25, -0.2) is 8.42 Å². The van der Waals surface area contributed by atoms with Crippen LogP contribution in [0.2, 0.25) is 0 Å². The van der Waals surface area contributed by atoms with Crippen LogP contribution in [0.25, 0.3) is 0 Å². The first-order chi connectivity index (χ1) is 13.6. The number of aryl methyl sites for hydroxylation is 2. The fraction of sp³-hybridized carbons (Fsp3) is 0.381. The zero-order valence-corrected chi connectivity index (χ0v) is 19.1. The molecule has 0 radical (unpaired) electrons. The lowest BCUT2D eigenvalue weighted by molar-refractivity contribution is -0.121. The Morgan fingerprint density at radius 2 is 1.79 bits per heavy atom. The van der Waals surface area contributed by atoms with Crippen LogP contribution in [0.1, 0.15) is 18.1 Å². The van der Waals surface area contributed by atoms with Crippen LogP contribution in [0.3, 0.4) is 0 Å². The fourth-order valence-corrected chi connectivity index (χ4v) is 4.14. The molecule has 2 aromatic rings. The van der Waals surface area contributed by atoms with E-state index in [4.69, 9.17) is 4.74 Å². The van der Waals surface area contributed by atoms with Crippen LogP contribution in [-0.4, -0.2) is 51.1 Å². The molecule has 2 aromatic carbocycles. The number of nitrogens with zero attached hydrogens (tertiary/aromatic N) is 1. The number of hydrogen-bond acceptors (Lipinski definition) is 5. The van der Waals surface area contributed by atoms with Gasteiger partial charge < -0.3 is 10.1 Å². The van der Waals surface area contributed by atoms with Crippen molar-refractivity contribution in [1.82, 2.24) is 9.62 Å². The van der Waals surface area contributed by atoms with E-state index >= 15 is 0 Å². The lowest BCUT2D eigenvalue weighted by Gasteiger charge is -2.20. The third-order valence-corrected chi connectivity index (χ3v) is 7.08. The number of sulfonamides is 1. The smallest absolute Gasteiger partial charge is 0.243 e. The molecule has 0 aliphatic heterocycles. The van der Waals surface area contributed by atoms with Gasteiger partial charge in [-0.05, 0) is 74.6 Å². The maximum atomic E-state index is 12.6. The van der Waals surface area contributed by atoms with Gasteiger partial charge in [0.2, 0.25) is 15.9 Å². The first kappa shape index (κ1) is 23.3. The van der Waals surface area contributed by atoms with Crippen LogP contribution in [0.15, 0.2) is 52.3 Å². The van der Waals surface area contributed by atoms with Crippen LogP contribution in [0, 0.1) is 13.8 Å². The molecular weight excluding hydrogens is 408 g/mol. The average molecular weight is 437 g/mol. The quantitative estimate of drug-likeness (QED) is 0.611. The maximum Gasteiger partial charge on any atom is 0.243 e. The van der Waals surface area contributed by atoms with Gasteiger partial charge in [-0.1, -0.05) is 6.07 Å². The molecule has 0 spiro atoms. The Morgan fingerprint density at radius 3 is 2.38 bits per heavy atom. The van der Waals surface area contributed by atoms with E-state index in [1.807, 2.05) is 45.2 Å². The number of rotatable bonds is 9. The van der Waals surface area contributed by atoms with Crippen molar-refractivity contribution in [1.29, 1.82) is 0 Å². The second kappa shape index (κ2) is 10.1. The molecule has 0 saturated heterocycles. The molecule has 1 amide bonds. The molecule has 0 aliphatic rings. The van der Waals surface area contributed by atoms with Crippen LogP contribution < -0.4 is 10.1 Å². The van der Waals surface area contributed by atoms with Gasteiger partial charge >= 0.3 is 0 Å². The summed E-state index contributed by atoms with van der Waals surface area (Å²) in [5.41, 5.74) is 2.32. The second-order valence-electron chi connectivity index (χ2n) is 6.96. The minimum Gasteiger partial charge on any atom is -0.491 e. The summed E-state index contributed by atoms with van der Waals surface area (Å²) in [6.45, 7) is 5.89. The standard InChI is InChI=1S/C21H28N2O4S2/c1-15-6-7-18(12-16(15)2)27-14-17(3)22-21(24)13-23(4)29(25,26)20-10-8-19(28-5)9-11-20/h6-12,17H,13-14H2,1-5H3,(H,22,24)/t17-/m1/s1. The average Bonchev–Trinajstić information content (AvgIpc) is 2.68. The summed E-state index contributed by atoms with van der Waals surface area (Å²) in [5.74, 6) is 0.357. The summed E-state index contributed by atoms with van der Waals surface area (Å²) >= 11 is 1.53. The van der Waals surface area contributed by atoms with Crippen molar-refractivity contribution in [3.63, 3.8) is 0 Å². The molecule has 1 N–H and O–H groups in total. The third kappa shape index (κ3) is 6.48. The summed E-state index contributed by atoms with van der Waals surface area (Å²) in [4.78, 5) is 13.4. The first-order valence-electron chi connectivity index (χ1n) is 9.23. The highest BCUT2D eigenvalue weighted by molar-refractivity contribution is 7.98. The Hall–Kier alpha value is -2.03. The Balaban J connectivity index is 1.88. The van der Waals surface area contributed by atoms with Crippen molar-refractivity contribution in [2.45, 2.75) is 36.6 Å². The number of thioether (sulfide) groups is 1. The molecule has 0 unspecified atom stereocenters. The van der Waals surface area contributed by atoms with Crippen molar-refractivity contribution >= 4 is 27.7 Å². The largest absolute Gasteiger partial charge is 0.491 e. The van der Waals surface area contributed by atoms with E-state index < -0.39 is 10.0 Å². The molecule has 6 nitrogen and oxygen atoms in total. The molecule has 0 aliphatic carbocycles. The monoisotopic (exact) mass is 436 g/mol. The predicted octanol–water partition coefficient (Wildman–Crippen LogP) is 3.23.